The quantitative estimate of drug-likeness (QED) is 0.392. The van der Waals surface area contributed by atoms with Crippen LogP contribution in [0.1, 0.15) is 36.6 Å². The minimum absolute atomic E-state index is 0.220. The second-order valence-electron chi connectivity index (χ2n) is 5.87. The number of nitrogens with one attached hydrogen (secondary N) is 1. The van der Waals surface area contributed by atoms with E-state index in [9.17, 15) is 0 Å². The van der Waals surface area contributed by atoms with Crippen molar-refractivity contribution >= 4 is 19.1 Å². The van der Waals surface area contributed by atoms with Gasteiger partial charge in [0.15, 0.2) is 0 Å². The third-order valence-electron chi connectivity index (χ3n) is 3.91. The van der Waals surface area contributed by atoms with Crippen molar-refractivity contribution in [3.63, 3.8) is 0 Å². The Kier molecular flexibility index (Phi) is 7.05. The summed E-state index contributed by atoms with van der Waals surface area (Å²) in [5.41, 5.74) is 8.27. The highest BCUT2D eigenvalue weighted by Crippen LogP contribution is 2.29. The van der Waals surface area contributed by atoms with Gasteiger partial charge in [-0.2, -0.15) is 4.98 Å². The number of benzene rings is 1. The maximum absolute atomic E-state index is 9.01. The van der Waals surface area contributed by atoms with Gasteiger partial charge in [-0.1, -0.05) is 13.3 Å². The van der Waals surface area contributed by atoms with Gasteiger partial charge in [0.2, 0.25) is 5.95 Å². The van der Waals surface area contributed by atoms with E-state index in [1.165, 1.54) is 0 Å². The molecule has 0 spiro atoms. The van der Waals surface area contributed by atoms with Gasteiger partial charge < -0.3 is 30.5 Å². The Morgan fingerprint density at radius 2 is 2.04 bits per heavy atom. The standard InChI is InChI=1S/C17H25BN4O4/c1-4-5-8-20-16-14(11(2)21-17(19)22-16)10-12-9-13(26-18(23)24)6-7-15(12)25-3/h6-7,9,23-24H,4-5,8,10H2,1-3H3,(H3,19,20,21,22). The average Bonchev–Trinajstić information content (AvgIpc) is 2.57. The molecule has 0 saturated heterocycles. The summed E-state index contributed by atoms with van der Waals surface area (Å²) < 4.78 is 10.4. The van der Waals surface area contributed by atoms with Crippen LogP contribution in [0.2, 0.25) is 0 Å². The first-order valence-corrected chi connectivity index (χ1v) is 8.51. The summed E-state index contributed by atoms with van der Waals surface area (Å²) in [5.74, 6) is 1.89. The van der Waals surface area contributed by atoms with Gasteiger partial charge in [0.1, 0.15) is 17.3 Å². The van der Waals surface area contributed by atoms with Crippen LogP contribution in [0.4, 0.5) is 11.8 Å². The van der Waals surface area contributed by atoms with E-state index in [0.29, 0.717) is 23.7 Å². The first kappa shape index (κ1) is 19.8. The van der Waals surface area contributed by atoms with Crippen LogP contribution in [0.5, 0.6) is 11.5 Å². The Morgan fingerprint density at radius 1 is 1.27 bits per heavy atom. The molecule has 0 bridgehead atoms. The van der Waals surface area contributed by atoms with Crippen molar-refractivity contribution in [2.24, 2.45) is 0 Å². The number of nitrogen functional groups attached to an aromatic ring is 1. The van der Waals surface area contributed by atoms with Gasteiger partial charge in [-0.05, 0) is 31.5 Å². The van der Waals surface area contributed by atoms with E-state index in [1.54, 1.807) is 25.3 Å². The van der Waals surface area contributed by atoms with E-state index >= 15 is 0 Å². The third-order valence-corrected chi connectivity index (χ3v) is 3.91. The van der Waals surface area contributed by atoms with Gasteiger partial charge in [0, 0.05) is 29.8 Å². The van der Waals surface area contributed by atoms with Crippen LogP contribution in [0.3, 0.4) is 0 Å². The van der Waals surface area contributed by atoms with Gasteiger partial charge in [0.05, 0.1) is 7.11 Å². The van der Waals surface area contributed by atoms with E-state index in [0.717, 1.165) is 36.2 Å². The summed E-state index contributed by atoms with van der Waals surface area (Å²) in [6.45, 7) is 4.78. The zero-order chi connectivity index (χ0) is 19.1. The summed E-state index contributed by atoms with van der Waals surface area (Å²) in [6.07, 6.45) is 2.56. The van der Waals surface area contributed by atoms with Gasteiger partial charge in [-0.3, -0.25) is 0 Å². The number of rotatable bonds is 9. The van der Waals surface area contributed by atoms with Gasteiger partial charge >= 0.3 is 7.32 Å². The highest BCUT2D eigenvalue weighted by molar-refractivity contribution is 6.33. The number of aryl methyl sites for hydroxylation is 1. The number of nitrogens with two attached hydrogens (primary N) is 1. The molecule has 1 heterocycles. The van der Waals surface area contributed by atoms with Crippen LogP contribution in [-0.4, -0.2) is 41.0 Å². The normalized spacial score (nSPS) is 10.5. The molecule has 5 N–H and O–H groups in total. The highest BCUT2D eigenvalue weighted by atomic mass is 16.6. The molecule has 1 aromatic heterocycles. The lowest BCUT2D eigenvalue weighted by molar-refractivity contribution is 0.287. The van der Waals surface area contributed by atoms with E-state index in [-0.39, 0.29) is 5.95 Å². The summed E-state index contributed by atoms with van der Waals surface area (Å²) in [4.78, 5) is 8.59. The fraction of sp³-hybridized carbons (Fsp3) is 0.412. The molecule has 2 rings (SSSR count). The van der Waals surface area contributed by atoms with Crippen LogP contribution in [-0.2, 0) is 6.42 Å². The smallest absolute Gasteiger partial charge is 0.512 e. The Morgan fingerprint density at radius 3 is 2.69 bits per heavy atom. The predicted molar refractivity (Wildman–Crippen MR) is 101 cm³/mol. The van der Waals surface area contributed by atoms with Crippen molar-refractivity contribution in [3.8, 4) is 11.5 Å². The Hall–Kier alpha value is -2.52. The second-order valence-corrected chi connectivity index (χ2v) is 5.87. The minimum Gasteiger partial charge on any atom is -0.512 e. The number of hydrogen-bond acceptors (Lipinski definition) is 8. The lowest BCUT2D eigenvalue weighted by atomic mass is 10.0. The Bertz CT molecular complexity index is 743. The summed E-state index contributed by atoms with van der Waals surface area (Å²) in [6, 6.07) is 5.02. The van der Waals surface area contributed by atoms with Crippen LogP contribution in [0, 0.1) is 6.92 Å². The molecule has 0 amide bonds. The Balaban J connectivity index is 2.37. The van der Waals surface area contributed by atoms with Gasteiger partial charge in [0.25, 0.3) is 0 Å². The number of hydrogen-bond donors (Lipinski definition) is 4. The van der Waals surface area contributed by atoms with Crippen LogP contribution < -0.4 is 20.4 Å². The number of nitrogens with zero attached hydrogens (tertiary/aromatic N) is 2. The van der Waals surface area contributed by atoms with Crippen molar-refractivity contribution in [3.05, 3.63) is 35.0 Å². The molecule has 0 aliphatic carbocycles. The molecule has 0 aliphatic heterocycles. The molecule has 0 aliphatic rings. The number of methoxy groups -OCH3 is 1. The molecule has 0 atom stereocenters. The molecule has 0 unspecified atom stereocenters. The summed E-state index contributed by atoms with van der Waals surface area (Å²) in [5, 5.41) is 21.3. The lowest BCUT2D eigenvalue weighted by Crippen LogP contribution is -2.20. The summed E-state index contributed by atoms with van der Waals surface area (Å²) in [7, 11) is -0.309. The first-order chi connectivity index (χ1) is 12.4. The van der Waals surface area contributed by atoms with Crippen molar-refractivity contribution in [1.82, 2.24) is 9.97 Å². The monoisotopic (exact) mass is 360 g/mol. The number of aromatic nitrogens is 2. The van der Waals surface area contributed by atoms with E-state index in [4.69, 9.17) is 25.2 Å². The van der Waals surface area contributed by atoms with Gasteiger partial charge in [-0.25, -0.2) is 4.98 Å². The topological polar surface area (TPSA) is 123 Å². The van der Waals surface area contributed by atoms with Crippen molar-refractivity contribution < 1.29 is 19.4 Å². The zero-order valence-electron chi connectivity index (χ0n) is 15.3. The van der Waals surface area contributed by atoms with Crippen LogP contribution >= 0.6 is 0 Å². The molecule has 9 heteroatoms. The highest BCUT2D eigenvalue weighted by Gasteiger charge is 2.17. The molecule has 0 fully saturated rings. The van der Waals surface area contributed by atoms with E-state index in [1.807, 2.05) is 6.92 Å². The zero-order valence-corrected chi connectivity index (χ0v) is 15.3. The number of ether oxygens (including phenoxy) is 1. The molecular formula is C17H25BN4O4. The molecule has 1 aromatic carbocycles. The van der Waals surface area contributed by atoms with Crippen LogP contribution in [0.15, 0.2) is 18.2 Å². The number of anilines is 2. The molecule has 26 heavy (non-hydrogen) atoms. The predicted octanol–water partition coefficient (Wildman–Crippen LogP) is 1.53. The fourth-order valence-electron chi connectivity index (χ4n) is 2.64. The molecule has 140 valence electrons. The maximum atomic E-state index is 9.01. The van der Waals surface area contributed by atoms with E-state index in [2.05, 4.69) is 22.2 Å². The average molecular weight is 360 g/mol. The molecule has 0 saturated carbocycles. The Labute approximate surface area is 153 Å². The maximum Gasteiger partial charge on any atom is 0.707 e. The molecule has 8 nitrogen and oxygen atoms in total. The second kappa shape index (κ2) is 9.26. The fourth-order valence-corrected chi connectivity index (χ4v) is 2.64. The molecule has 0 radical (unpaired) electrons. The van der Waals surface area contributed by atoms with Crippen LogP contribution in [0.25, 0.3) is 0 Å². The SMILES string of the molecule is CCCCNc1nc(N)nc(C)c1Cc1cc(OB(O)O)ccc1OC. The van der Waals surface area contributed by atoms with Crippen molar-refractivity contribution in [1.29, 1.82) is 0 Å². The lowest BCUT2D eigenvalue weighted by Gasteiger charge is -2.16. The van der Waals surface area contributed by atoms with Crippen molar-refractivity contribution in [2.45, 2.75) is 33.1 Å². The minimum atomic E-state index is -1.89. The van der Waals surface area contributed by atoms with Gasteiger partial charge in [-0.15, -0.1) is 0 Å². The molecule has 2 aromatic rings. The first-order valence-electron chi connectivity index (χ1n) is 8.51. The van der Waals surface area contributed by atoms with E-state index < -0.39 is 7.32 Å². The van der Waals surface area contributed by atoms with Crippen molar-refractivity contribution in [2.75, 3.05) is 24.7 Å². The largest absolute Gasteiger partial charge is 0.707 e. The third kappa shape index (κ3) is 5.24. The number of unbranched alkanes of at least 4 members (excludes halogenated alkanes) is 1. The molecular weight excluding hydrogens is 335 g/mol. The summed E-state index contributed by atoms with van der Waals surface area (Å²) >= 11 is 0.